The summed E-state index contributed by atoms with van der Waals surface area (Å²) in [6.07, 6.45) is 1.83. The number of anilines is 1. The van der Waals surface area contributed by atoms with Crippen LogP contribution in [0, 0.1) is 16.0 Å². The van der Waals surface area contributed by atoms with Gasteiger partial charge in [-0.25, -0.2) is 0 Å². The molecular weight excluding hydrogens is 298 g/mol. The van der Waals surface area contributed by atoms with Gasteiger partial charge in [0.05, 0.1) is 11.0 Å². The van der Waals surface area contributed by atoms with Crippen LogP contribution in [0.3, 0.4) is 0 Å². The Labute approximate surface area is 135 Å². The van der Waals surface area contributed by atoms with Crippen molar-refractivity contribution < 1.29 is 14.5 Å². The van der Waals surface area contributed by atoms with Crippen molar-refractivity contribution in [3.05, 3.63) is 33.9 Å². The van der Waals surface area contributed by atoms with E-state index in [1.165, 1.54) is 18.2 Å². The van der Waals surface area contributed by atoms with E-state index in [1.807, 2.05) is 0 Å². The Hall–Kier alpha value is -2.15. The third kappa shape index (κ3) is 4.41. The number of carbonyl (C=O) groups is 1. The van der Waals surface area contributed by atoms with Gasteiger partial charge in [-0.05, 0) is 30.9 Å². The highest BCUT2D eigenvalue weighted by Crippen LogP contribution is 2.24. The van der Waals surface area contributed by atoms with E-state index in [2.05, 4.69) is 13.8 Å². The highest BCUT2D eigenvalue weighted by atomic mass is 16.6. The molecular formula is C16H23N3O4. The summed E-state index contributed by atoms with van der Waals surface area (Å²) in [5.41, 5.74) is 5.67. The average Bonchev–Trinajstić information content (AvgIpc) is 2.95. The van der Waals surface area contributed by atoms with Crippen LogP contribution in [-0.4, -0.2) is 41.5 Å². The molecule has 1 aliphatic rings. The highest BCUT2D eigenvalue weighted by molar-refractivity contribution is 5.95. The molecule has 1 unspecified atom stereocenters. The van der Waals surface area contributed by atoms with Gasteiger partial charge in [0.15, 0.2) is 0 Å². The Morgan fingerprint density at radius 1 is 1.52 bits per heavy atom. The summed E-state index contributed by atoms with van der Waals surface area (Å²) in [6, 6.07) is 4.17. The smallest absolute Gasteiger partial charge is 0.292 e. The first-order valence-electron chi connectivity index (χ1n) is 7.83. The predicted octanol–water partition coefficient (Wildman–Crippen LogP) is 2.45. The molecule has 1 amide bonds. The van der Waals surface area contributed by atoms with Crippen molar-refractivity contribution >= 4 is 17.3 Å². The summed E-state index contributed by atoms with van der Waals surface area (Å²) in [7, 11) is 0. The standard InChI is InChI=1S/C16H23N3O4/c1-11(2)6-8-23-13-5-7-18(10-13)16(20)12-3-4-14(17)15(9-12)19(21)22/h3-4,9,11,13H,5-8,10,17H2,1-2H3. The lowest BCUT2D eigenvalue weighted by atomic mass is 10.1. The predicted molar refractivity (Wildman–Crippen MR) is 87.2 cm³/mol. The number of nitrogens with two attached hydrogens (primary N) is 1. The molecule has 0 radical (unpaired) electrons. The van der Waals surface area contributed by atoms with E-state index in [0.717, 1.165) is 12.8 Å². The maximum Gasteiger partial charge on any atom is 0.292 e. The summed E-state index contributed by atoms with van der Waals surface area (Å²) < 4.78 is 5.79. The van der Waals surface area contributed by atoms with Crippen LogP contribution in [0.1, 0.15) is 37.0 Å². The lowest BCUT2D eigenvalue weighted by Gasteiger charge is -2.17. The van der Waals surface area contributed by atoms with Crippen LogP contribution >= 0.6 is 0 Å². The van der Waals surface area contributed by atoms with Gasteiger partial charge in [0, 0.05) is 31.3 Å². The monoisotopic (exact) mass is 321 g/mol. The Morgan fingerprint density at radius 2 is 2.26 bits per heavy atom. The zero-order valence-electron chi connectivity index (χ0n) is 13.5. The molecule has 126 valence electrons. The Bertz CT molecular complexity index is 589. The molecule has 7 heteroatoms. The summed E-state index contributed by atoms with van der Waals surface area (Å²) in [5, 5.41) is 10.9. The molecule has 2 rings (SSSR count). The topological polar surface area (TPSA) is 98.7 Å². The van der Waals surface area contributed by atoms with Crippen molar-refractivity contribution in [2.24, 2.45) is 5.92 Å². The van der Waals surface area contributed by atoms with Crippen LogP contribution in [0.4, 0.5) is 11.4 Å². The minimum absolute atomic E-state index is 0.0430. The third-order valence-corrected chi connectivity index (χ3v) is 3.96. The zero-order valence-corrected chi connectivity index (χ0v) is 13.5. The Kier molecular flexibility index (Phi) is 5.54. The summed E-state index contributed by atoms with van der Waals surface area (Å²) in [4.78, 5) is 24.5. The number of nitro benzene ring substituents is 1. The number of hydrogen-bond donors (Lipinski definition) is 1. The van der Waals surface area contributed by atoms with Crippen LogP contribution in [0.2, 0.25) is 0 Å². The lowest BCUT2D eigenvalue weighted by molar-refractivity contribution is -0.383. The number of nitro groups is 1. The average molecular weight is 321 g/mol. The quantitative estimate of drug-likeness (QED) is 0.493. The van der Waals surface area contributed by atoms with Gasteiger partial charge in [-0.2, -0.15) is 0 Å². The Morgan fingerprint density at radius 3 is 2.91 bits per heavy atom. The lowest BCUT2D eigenvalue weighted by Crippen LogP contribution is -2.30. The fourth-order valence-electron chi connectivity index (χ4n) is 2.54. The molecule has 0 saturated carbocycles. The van der Waals surface area contributed by atoms with Gasteiger partial charge in [-0.1, -0.05) is 13.8 Å². The van der Waals surface area contributed by atoms with Gasteiger partial charge in [0.25, 0.3) is 11.6 Å². The second kappa shape index (κ2) is 7.41. The summed E-state index contributed by atoms with van der Waals surface area (Å²) in [6.45, 7) is 6.10. The van der Waals surface area contributed by atoms with Crippen LogP contribution in [-0.2, 0) is 4.74 Å². The van der Waals surface area contributed by atoms with Gasteiger partial charge >= 0.3 is 0 Å². The number of nitrogens with zero attached hydrogens (tertiary/aromatic N) is 2. The molecule has 1 fully saturated rings. The summed E-state index contributed by atoms with van der Waals surface area (Å²) in [5.74, 6) is 0.368. The molecule has 0 spiro atoms. The fourth-order valence-corrected chi connectivity index (χ4v) is 2.54. The maximum atomic E-state index is 12.5. The van der Waals surface area contributed by atoms with Gasteiger partial charge < -0.3 is 15.4 Å². The molecule has 23 heavy (non-hydrogen) atoms. The second-order valence-corrected chi connectivity index (χ2v) is 6.25. The molecule has 1 atom stereocenters. The molecule has 1 heterocycles. The largest absolute Gasteiger partial charge is 0.393 e. The molecule has 0 aromatic heterocycles. The van der Waals surface area contributed by atoms with Crippen molar-refractivity contribution in [2.75, 3.05) is 25.4 Å². The molecule has 0 aliphatic carbocycles. The van der Waals surface area contributed by atoms with Crippen molar-refractivity contribution in [1.29, 1.82) is 0 Å². The first-order chi connectivity index (χ1) is 10.9. The van der Waals surface area contributed by atoms with E-state index in [4.69, 9.17) is 10.5 Å². The number of benzene rings is 1. The van der Waals surface area contributed by atoms with Crippen molar-refractivity contribution in [1.82, 2.24) is 4.90 Å². The second-order valence-electron chi connectivity index (χ2n) is 6.25. The Balaban J connectivity index is 1.97. The van der Waals surface area contributed by atoms with E-state index in [1.54, 1.807) is 4.90 Å². The van der Waals surface area contributed by atoms with Gasteiger partial charge in [-0.3, -0.25) is 14.9 Å². The molecule has 1 aromatic carbocycles. The van der Waals surface area contributed by atoms with E-state index >= 15 is 0 Å². The molecule has 1 aromatic rings. The molecule has 2 N–H and O–H groups in total. The summed E-state index contributed by atoms with van der Waals surface area (Å²) >= 11 is 0. The highest BCUT2D eigenvalue weighted by Gasteiger charge is 2.28. The number of carbonyl (C=O) groups excluding carboxylic acids is 1. The van der Waals surface area contributed by atoms with E-state index < -0.39 is 4.92 Å². The number of rotatable bonds is 6. The molecule has 7 nitrogen and oxygen atoms in total. The van der Waals surface area contributed by atoms with Crippen LogP contribution in [0.25, 0.3) is 0 Å². The van der Waals surface area contributed by atoms with E-state index in [9.17, 15) is 14.9 Å². The van der Waals surface area contributed by atoms with Crippen molar-refractivity contribution in [2.45, 2.75) is 32.8 Å². The van der Waals surface area contributed by atoms with Crippen LogP contribution in [0.15, 0.2) is 18.2 Å². The van der Waals surface area contributed by atoms with Crippen LogP contribution < -0.4 is 5.73 Å². The van der Waals surface area contributed by atoms with E-state index in [0.29, 0.717) is 25.6 Å². The minimum atomic E-state index is -0.575. The number of hydrogen-bond acceptors (Lipinski definition) is 5. The number of amides is 1. The van der Waals surface area contributed by atoms with Gasteiger partial charge in [-0.15, -0.1) is 0 Å². The number of ether oxygens (including phenoxy) is 1. The van der Waals surface area contributed by atoms with E-state index in [-0.39, 0.29) is 28.9 Å². The number of likely N-dealkylation sites (tertiary alicyclic amines) is 1. The first-order valence-corrected chi connectivity index (χ1v) is 7.83. The maximum absolute atomic E-state index is 12.5. The SMILES string of the molecule is CC(C)CCOC1CCN(C(=O)c2ccc(N)c([N+](=O)[O-])c2)C1. The van der Waals surface area contributed by atoms with Crippen molar-refractivity contribution in [3.8, 4) is 0 Å². The fraction of sp³-hybridized carbons (Fsp3) is 0.562. The zero-order chi connectivity index (χ0) is 17.0. The van der Waals surface area contributed by atoms with Gasteiger partial charge in [0.2, 0.25) is 0 Å². The molecule has 0 bridgehead atoms. The molecule has 1 aliphatic heterocycles. The number of nitrogen functional groups attached to an aromatic ring is 1. The normalized spacial score (nSPS) is 17.7. The van der Waals surface area contributed by atoms with Gasteiger partial charge in [0.1, 0.15) is 5.69 Å². The van der Waals surface area contributed by atoms with Crippen molar-refractivity contribution in [3.63, 3.8) is 0 Å². The minimum Gasteiger partial charge on any atom is -0.393 e. The first kappa shape index (κ1) is 17.2. The third-order valence-electron chi connectivity index (χ3n) is 3.96. The van der Waals surface area contributed by atoms with Crippen LogP contribution in [0.5, 0.6) is 0 Å². The molecule has 1 saturated heterocycles.